The quantitative estimate of drug-likeness (QED) is 0.550. The number of likely N-dealkylation sites (tertiary alicyclic amines) is 1. The van der Waals surface area contributed by atoms with E-state index < -0.39 is 5.97 Å². The van der Waals surface area contributed by atoms with E-state index in [4.69, 9.17) is 4.74 Å². The number of aromatic nitrogens is 1. The van der Waals surface area contributed by atoms with Crippen molar-refractivity contribution in [1.29, 1.82) is 0 Å². The summed E-state index contributed by atoms with van der Waals surface area (Å²) in [6.07, 6.45) is 4.05. The summed E-state index contributed by atoms with van der Waals surface area (Å²) in [5, 5.41) is 3.23. The second-order valence-electron chi connectivity index (χ2n) is 7.26. The number of carbonyl (C=O) groups excluding carboxylic acids is 3. The third-order valence-corrected chi connectivity index (χ3v) is 6.54. The lowest BCUT2D eigenvalue weighted by Gasteiger charge is -2.24. The largest absolute Gasteiger partial charge is 0.462 e. The Bertz CT molecular complexity index is 931. The third-order valence-electron chi connectivity index (χ3n) is 5.23. The highest BCUT2D eigenvalue weighted by Gasteiger charge is 2.30. The number of hydrogen-bond donors (Lipinski definition) is 1. The van der Waals surface area contributed by atoms with Crippen LogP contribution in [0.25, 0.3) is 0 Å². The van der Waals surface area contributed by atoms with Crippen LogP contribution in [0, 0.1) is 6.92 Å². The molecule has 3 rings (SSSR count). The van der Waals surface area contributed by atoms with Crippen molar-refractivity contribution in [2.24, 2.45) is 7.05 Å². The molecule has 29 heavy (non-hydrogen) atoms. The number of carbonyl (C=O) groups is 3. The normalized spacial score (nSPS) is 16.8. The molecule has 0 aliphatic carbocycles. The smallest absolute Gasteiger partial charge is 0.341 e. The minimum atomic E-state index is -0.521. The monoisotopic (exact) mass is 417 g/mol. The summed E-state index contributed by atoms with van der Waals surface area (Å²) in [6.45, 7) is 6.18. The Hall–Kier alpha value is -2.45. The number of rotatable bonds is 7. The summed E-state index contributed by atoms with van der Waals surface area (Å²) in [6, 6.07) is 4.29. The van der Waals surface area contributed by atoms with Crippen LogP contribution < -0.4 is 5.32 Å². The Labute approximate surface area is 174 Å². The number of esters is 1. The predicted molar refractivity (Wildman–Crippen MR) is 113 cm³/mol. The number of Topliss-reactive ketones (excluding diaryl/α,β-unsaturated/α-hetero) is 1. The van der Waals surface area contributed by atoms with E-state index >= 15 is 0 Å². The summed E-state index contributed by atoms with van der Waals surface area (Å²) >= 11 is 1.13. The van der Waals surface area contributed by atoms with E-state index in [0.29, 0.717) is 15.4 Å². The molecule has 1 unspecified atom stereocenters. The Morgan fingerprint density at radius 2 is 2.10 bits per heavy atom. The van der Waals surface area contributed by atoms with Gasteiger partial charge in [-0.05, 0) is 57.9 Å². The lowest BCUT2D eigenvalue weighted by Crippen LogP contribution is -2.33. The molecule has 1 atom stereocenters. The van der Waals surface area contributed by atoms with Crippen molar-refractivity contribution in [1.82, 2.24) is 9.47 Å². The van der Waals surface area contributed by atoms with Gasteiger partial charge in [0.15, 0.2) is 5.78 Å². The molecule has 8 heteroatoms. The van der Waals surface area contributed by atoms with Crippen molar-refractivity contribution in [2.75, 3.05) is 25.0 Å². The zero-order valence-corrected chi connectivity index (χ0v) is 18.1. The van der Waals surface area contributed by atoms with Crippen LogP contribution in [0.2, 0.25) is 0 Å². The molecule has 1 N–H and O–H groups in total. The van der Waals surface area contributed by atoms with Crippen molar-refractivity contribution in [3.63, 3.8) is 0 Å². The number of anilines is 1. The van der Waals surface area contributed by atoms with Crippen LogP contribution in [0.15, 0.2) is 18.3 Å². The summed E-state index contributed by atoms with van der Waals surface area (Å²) in [5.74, 6) is -0.859. The molecule has 7 nitrogen and oxygen atoms in total. The first kappa shape index (κ1) is 21.3. The maximum absolute atomic E-state index is 12.8. The average molecular weight is 418 g/mol. The Kier molecular flexibility index (Phi) is 6.54. The van der Waals surface area contributed by atoms with Crippen molar-refractivity contribution < 1.29 is 19.1 Å². The van der Waals surface area contributed by atoms with Gasteiger partial charge in [0.1, 0.15) is 5.00 Å². The fourth-order valence-corrected chi connectivity index (χ4v) is 5.01. The highest BCUT2D eigenvalue weighted by atomic mass is 32.1. The number of thiophene rings is 1. The number of hydrogen-bond acceptors (Lipinski definition) is 6. The van der Waals surface area contributed by atoms with Gasteiger partial charge < -0.3 is 14.6 Å². The SMILES string of the molecule is CCOC(=O)c1c(NC(=O)CN2CCCC2c2cccn2C)sc(C(C)=O)c1C. The first-order valence-electron chi connectivity index (χ1n) is 9.80. The van der Waals surface area contributed by atoms with Crippen LogP contribution in [0.3, 0.4) is 0 Å². The molecule has 1 saturated heterocycles. The molecule has 1 aliphatic rings. The highest BCUT2D eigenvalue weighted by Crippen LogP contribution is 2.35. The van der Waals surface area contributed by atoms with E-state index in [2.05, 4.69) is 20.9 Å². The number of ketones is 1. The van der Waals surface area contributed by atoms with Gasteiger partial charge in [0.25, 0.3) is 0 Å². The standard InChI is InChI=1S/C21H27N3O4S/c1-5-28-21(27)18-13(2)19(14(3)25)29-20(18)22-17(26)12-24-11-7-9-16(24)15-8-6-10-23(15)4/h6,8,10,16H,5,7,9,11-12H2,1-4H3,(H,22,26). The molecular weight excluding hydrogens is 390 g/mol. The van der Waals surface area contributed by atoms with Crippen LogP contribution in [-0.4, -0.2) is 46.8 Å². The molecule has 0 spiro atoms. The predicted octanol–water partition coefficient (Wildman–Crippen LogP) is 3.55. The molecular formula is C21H27N3O4S. The maximum atomic E-state index is 12.8. The third kappa shape index (κ3) is 4.43. The zero-order valence-electron chi connectivity index (χ0n) is 17.3. The lowest BCUT2D eigenvalue weighted by atomic mass is 10.1. The number of nitrogens with zero attached hydrogens (tertiary/aromatic N) is 2. The maximum Gasteiger partial charge on any atom is 0.341 e. The number of ether oxygens (including phenoxy) is 1. The molecule has 2 aromatic rings. The molecule has 1 aliphatic heterocycles. The van der Waals surface area contributed by atoms with Gasteiger partial charge in [-0.15, -0.1) is 11.3 Å². The fourth-order valence-electron chi connectivity index (χ4n) is 3.91. The topological polar surface area (TPSA) is 80.6 Å². The van der Waals surface area contributed by atoms with Gasteiger partial charge in [0.2, 0.25) is 5.91 Å². The number of nitrogens with one attached hydrogen (secondary N) is 1. The first-order chi connectivity index (χ1) is 13.8. The Morgan fingerprint density at radius 3 is 2.72 bits per heavy atom. The molecule has 3 heterocycles. The second-order valence-corrected chi connectivity index (χ2v) is 8.28. The van der Waals surface area contributed by atoms with Crippen molar-refractivity contribution in [3.8, 4) is 0 Å². The minimum Gasteiger partial charge on any atom is -0.462 e. The van der Waals surface area contributed by atoms with E-state index in [-0.39, 0.29) is 36.4 Å². The summed E-state index contributed by atoms with van der Waals surface area (Å²) in [5.41, 5.74) is 2.02. The fraction of sp³-hybridized carbons (Fsp3) is 0.476. The molecule has 2 aromatic heterocycles. The van der Waals surface area contributed by atoms with Crippen molar-refractivity contribution in [2.45, 2.75) is 39.7 Å². The van der Waals surface area contributed by atoms with Gasteiger partial charge >= 0.3 is 5.97 Å². The highest BCUT2D eigenvalue weighted by molar-refractivity contribution is 7.18. The van der Waals surface area contributed by atoms with Crippen LogP contribution in [0.5, 0.6) is 0 Å². The molecule has 1 amide bonds. The van der Waals surface area contributed by atoms with Gasteiger partial charge in [0.05, 0.1) is 29.6 Å². The van der Waals surface area contributed by atoms with Gasteiger partial charge in [-0.2, -0.15) is 0 Å². The molecule has 1 fully saturated rings. The van der Waals surface area contributed by atoms with Gasteiger partial charge in [-0.3, -0.25) is 14.5 Å². The van der Waals surface area contributed by atoms with Gasteiger partial charge in [0, 0.05) is 18.9 Å². The summed E-state index contributed by atoms with van der Waals surface area (Å²) in [4.78, 5) is 39.7. The molecule has 0 aromatic carbocycles. The second kappa shape index (κ2) is 8.92. The van der Waals surface area contributed by atoms with Crippen molar-refractivity contribution >= 4 is 34.0 Å². The lowest BCUT2D eigenvalue weighted by molar-refractivity contribution is -0.117. The van der Waals surface area contributed by atoms with Crippen LogP contribution in [-0.2, 0) is 16.6 Å². The van der Waals surface area contributed by atoms with Crippen molar-refractivity contribution in [3.05, 3.63) is 40.0 Å². The summed E-state index contributed by atoms with van der Waals surface area (Å²) in [7, 11) is 2.01. The molecule has 0 bridgehead atoms. The minimum absolute atomic E-state index is 0.137. The van der Waals surface area contributed by atoms with E-state index in [9.17, 15) is 14.4 Å². The Balaban J connectivity index is 1.78. The van der Waals surface area contributed by atoms with E-state index in [1.54, 1.807) is 13.8 Å². The Morgan fingerprint density at radius 1 is 1.34 bits per heavy atom. The summed E-state index contributed by atoms with van der Waals surface area (Å²) < 4.78 is 7.21. The van der Waals surface area contributed by atoms with E-state index in [1.807, 2.05) is 19.3 Å². The van der Waals surface area contributed by atoms with E-state index in [1.165, 1.54) is 12.6 Å². The van der Waals surface area contributed by atoms with E-state index in [0.717, 1.165) is 30.7 Å². The van der Waals surface area contributed by atoms with Gasteiger partial charge in [-0.1, -0.05) is 0 Å². The average Bonchev–Trinajstić information content (AvgIpc) is 3.34. The van der Waals surface area contributed by atoms with Crippen LogP contribution >= 0.6 is 11.3 Å². The first-order valence-corrected chi connectivity index (χ1v) is 10.6. The zero-order chi connectivity index (χ0) is 21.1. The molecule has 0 saturated carbocycles. The number of amides is 1. The molecule has 156 valence electrons. The van der Waals surface area contributed by atoms with Crippen LogP contribution in [0.4, 0.5) is 5.00 Å². The van der Waals surface area contributed by atoms with Gasteiger partial charge in [-0.25, -0.2) is 4.79 Å². The van der Waals surface area contributed by atoms with Crippen LogP contribution in [0.1, 0.15) is 64.0 Å². The molecule has 0 radical (unpaired) electrons. The number of aryl methyl sites for hydroxylation is 1.